The zero-order valence-electron chi connectivity index (χ0n) is 38.6. The molecule has 1 heteroatoms. The lowest BCUT2D eigenvalue weighted by Gasteiger charge is -2.34. The van der Waals surface area contributed by atoms with Gasteiger partial charge in [-0.1, -0.05) is 249 Å². The Bertz CT molecular complexity index is 3820. The second-order valence-corrected chi connectivity index (χ2v) is 18.4. The lowest BCUT2D eigenvalue weighted by atomic mass is 9.68. The van der Waals surface area contributed by atoms with Crippen LogP contribution in [-0.2, 0) is 5.41 Å². The predicted octanol–water partition coefficient (Wildman–Crippen LogP) is 18.5. The first-order valence-corrected chi connectivity index (χ1v) is 24.2. The summed E-state index contributed by atoms with van der Waals surface area (Å²) in [7, 11) is 0. The molecule has 13 rings (SSSR count). The first-order chi connectivity index (χ1) is 34.7. The molecule has 12 aromatic carbocycles. The third-order valence-electron chi connectivity index (χ3n) is 14.5. The molecule has 0 aliphatic heterocycles. The van der Waals surface area contributed by atoms with E-state index in [1.54, 1.807) is 0 Å². The van der Waals surface area contributed by atoms with E-state index < -0.39 is 5.41 Å². The summed E-state index contributed by atoms with van der Waals surface area (Å²) in [6.07, 6.45) is 0. The van der Waals surface area contributed by atoms with E-state index >= 15 is 0 Å². The number of nitrogens with zero attached hydrogens (tertiary/aromatic N) is 1. The van der Waals surface area contributed by atoms with Gasteiger partial charge in [0.25, 0.3) is 0 Å². The normalized spacial score (nSPS) is 12.4. The van der Waals surface area contributed by atoms with Crippen LogP contribution in [0.15, 0.2) is 285 Å². The number of hydrogen-bond acceptors (Lipinski definition) is 1. The average molecular weight is 890 g/mol. The molecule has 0 fully saturated rings. The molecule has 70 heavy (non-hydrogen) atoms. The summed E-state index contributed by atoms with van der Waals surface area (Å²) in [6, 6.07) is 105. The van der Waals surface area contributed by atoms with Gasteiger partial charge >= 0.3 is 0 Å². The summed E-state index contributed by atoms with van der Waals surface area (Å²) in [6.45, 7) is 0. The van der Waals surface area contributed by atoms with Gasteiger partial charge in [0.05, 0.1) is 11.1 Å². The summed E-state index contributed by atoms with van der Waals surface area (Å²) < 4.78 is 0. The summed E-state index contributed by atoms with van der Waals surface area (Å²) in [5.74, 6) is 0. The van der Waals surface area contributed by atoms with E-state index in [9.17, 15) is 0 Å². The Kier molecular flexibility index (Phi) is 10.1. The standard InChI is InChI=1S/C69H47N/c1-3-23-58(24-4-1)69(59-25-5-2-6-26-59)65-32-12-11-30-64(65)68-66(69)33-16-34-67(68)70(60-27-13-21-55(46-60)49-35-37-51(38-36-49)57-44-41-48-17-7-8-19-54(48)45-57)61-28-14-22-56(47-61)50-39-42-53(43-40-50)63-31-15-20-52-18-9-10-29-62(52)63/h1-47H. The van der Waals surface area contributed by atoms with Gasteiger partial charge in [0.1, 0.15) is 0 Å². The fourth-order valence-electron chi connectivity index (χ4n) is 11.3. The van der Waals surface area contributed by atoms with Gasteiger partial charge in [-0.2, -0.15) is 0 Å². The molecule has 1 nitrogen and oxygen atoms in total. The van der Waals surface area contributed by atoms with E-state index in [-0.39, 0.29) is 0 Å². The summed E-state index contributed by atoms with van der Waals surface area (Å²) in [4.78, 5) is 2.49. The van der Waals surface area contributed by atoms with Gasteiger partial charge in [-0.05, 0) is 130 Å². The summed E-state index contributed by atoms with van der Waals surface area (Å²) in [5, 5.41) is 5.01. The number of anilines is 3. The monoisotopic (exact) mass is 889 g/mol. The summed E-state index contributed by atoms with van der Waals surface area (Å²) >= 11 is 0. The van der Waals surface area contributed by atoms with E-state index in [1.165, 1.54) is 88.3 Å². The van der Waals surface area contributed by atoms with Crippen LogP contribution in [-0.4, -0.2) is 0 Å². The minimum atomic E-state index is -0.529. The van der Waals surface area contributed by atoms with Gasteiger partial charge in [-0.15, -0.1) is 0 Å². The van der Waals surface area contributed by atoms with Crippen LogP contribution >= 0.6 is 0 Å². The van der Waals surface area contributed by atoms with Crippen molar-refractivity contribution in [1.29, 1.82) is 0 Å². The molecule has 0 saturated carbocycles. The smallest absolute Gasteiger partial charge is 0.0714 e. The maximum Gasteiger partial charge on any atom is 0.0714 e. The molecule has 0 radical (unpaired) electrons. The van der Waals surface area contributed by atoms with E-state index in [1.807, 2.05) is 0 Å². The van der Waals surface area contributed by atoms with Gasteiger partial charge in [0.2, 0.25) is 0 Å². The molecule has 0 heterocycles. The van der Waals surface area contributed by atoms with Crippen LogP contribution in [0.2, 0.25) is 0 Å². The predicted molar refractivity (Wildman–Crippen MR) is 295 cm³/mol. The molecule has 0 unspecified atom stereocenters. The van der Waals surface area contributed by atoms with Gasteiger partial charge in [0, 0.05) is 16.9 Å². The van der Waals surface area contributed by atoms with Crippen LogP contribution < -0.4 is 4.90 Å². The number of rotatable bonds is 9. The Morgan fingerprint density at radius 1 is 0.257 bits per heavy atom. The largest absolute Gasteiger partial charge is 0.310 e. The van der Waals surface area contributed by atoms with Crippen molar-refractivity contribution in [2.45, 2.75) is 5.41 Å². The van der Waals surface area contributed by atoms with E-state index in [2.05, 4.69) is 290 Å². The number of fused-ring (bicyclic) bond motifs is 5. The Hall–Kier alpha value is -9.04. The highest BCUT2D eigenvalue weighted by Crippen LogP contribution is 2.59. The van der Waals surface area contributed by atoms with Crippen LogP contribution in [0.1, 0.15) is 22.3 Å². The fraction of sp³-hybridized carbons (Fsp3) is 0.0145. The lowest BCUT2D eigenvalue weighted by molar-refractivity contribution is 0.768. The van der Waals surface area contributed by atoms with Crippen molar-refractivity contribution < 1.29 is 0 Å². The van der Waals surface area contributed by atoms with Crippen molar-refractivity contribution in [2.75, 3.05) is 4.90 Å². The van der Waals surface area contributed by atoms with Gasteiger partial charge in [0.15, 0.2) is 0 Å². The van der Waals surface area contributed by atoms with Crippen molar-refractivity contribution in [2.24, 2.45) is 0 Å². The molecule has 0 amide bonds. The van der Waals surface area contributed by atoms with Crippen molar-refractivity contribution >= 4 is 38.6 Å². The zero-order chi connectivity index (χ0) is 46.4. The highest BCUT2D eigenvalue weighted by Gasteiger charge is 2.47. The van der Waals surface area contributed by atoms with Crippen LogP contribution in [0, 0.1) is 0 Å². The van der Waals surface area contributed by atoms with E-state index in [4.69, 9.17) is 0 Å². The van der Waals surface area contributed by atoms with Gasteiger partial charge in [-0.25, -0.2) is 0 Å². The average Bonchev–Trinajstić information content (AvgIpc) is 3.75. The van der Waals surface area contributed by atoms with Crippen molar-refractivity contribution in [3.8, 4) is 55.6 Å². The molecule has 0 bridgehead atoms. The second-order valence-electron chi connectivity index (χ2n) is 18.4. The number of hydrogen-bond donors (Lipinski definition) is 0. The Balaban J connectivity index is 0.973. The molecular formula is C69H47N. The Labute approximate surface area is 409 Å². The summed E-state index contributed by atoms with van der Waals surface area (Å²) in [5.41, 5.74) is 19.8. The van der Waals surface area contributed by atoms with Crippen LogP contribution in [0.3, 0.4) is 0 Å². The maximum absolute atomic E-state index is 2.49. The quantitative estimate of drug-likeness (QED) is 0.140. The fourth-order valence-corrected chi connectivity index (χ4v) is 11.3. The van der Waals surface area contributed by atoms with Gasteiger partial charge < -0.3 is 4.90 Å². The molecule has 12 aromatic rings. The molecule has 1 aliphatic rings. The highest BCUT2D eigenvalue weighted by molar-refractivity contribution is 5.99. The molecule has 0 saturated heterocycles. The lowest BCUT2D eigenvalue weighted by Crippen LogP contribution is -2.28. The molecule has 0 atom stereocenters. The molecule has 0 spiro atoms. The number of benzene rings is 12. The second kappa shape index (κ2) is 17.2. The Morgan fingerprint density at radius 2 is 0.714 bits per heavy atom. The van der Waals surface area contributed by atoms with Crippen molar-refractivity contribution in [3.63, 3.8) is 0 Å². The van der Waals surface area contributed by atoms with Crippen LogP contribution in [0.5, 0.6) is 0 Å². The first kappa shape index (κ1) is 41.2. The molecule has 1 aliphatic carbocycles. The van der Waals surface area contributed by atoms with E-state index in [0.29, 0.717) is 0 Å². The SMILES string of the molecule is c1ccc(C2(c3ccccc3)c3ccccc3-c3c(N(c4cccc(-c5ccc(-c6ccc7ccccc7c6)cc5)c4)c4cccc(-c5ccc(-c6cccc7ccccc67)cc5)c4)cccc32)cc1. The molecular weight excluding hydrogens is 843 g/mol. The minimum absolute atomic E-state index is 0.529. The van der Waals surface area contributed by atoms with Crippen molar-refractivity contribution in [1.82, 2.24) is 0 Å². The Morgan fingerprint density at radius 3 is 1.37 bits per heavy atom. The maximum atomic E-state index is 2.49. The third-order valence-corrected chi connectivity index (χ3v) is 14.5. The topological polar surface area (TPSA) is 3.24 Å². The van der Waals surface area contributed by atoms with Crippen LogP contribution in [0.4, 0.5) is 17.1 Å². The third kappa shape index (κ3) is 6.94. The zero-order valence-corrected chi connectivity index (χ0v) is 38.6. The molecule has 328 valence electrons. The minimum Gasteiger partial charge on any atom is -0.310 e. The van der Waals surface area contributed by atoms with Crippen molar-refractivity contribution in [3.05, 3.63) is 307 Å². The van der Waals surface area contributed by atoms with E-state index in [0.717, 1.165) is 28.2 Å². The molecule has 0 aromatic heterocycles. The first-order valence-electron chi connectivity index (χ1n) is 24.2. The molecule has 0 N–H and O–H groups in total. The van der Waals surface area contributed by atoms with Crippen LogP contribution in [0.25, 0.3) is 77.2 Å². The van der Waals surface area contributed by atoms with Gasteiger partial charge in [-0.3, -0.25) is 0 Å². The highest BCUT2D eigenvalue weighted by atomic mass is 15.1.